The number of rotatable bonds is 6. The van der Waals surface area contributed by atoms with Crippen molar-refractivity contribution in [3.8, 4) is 11.5 Å². The summed E-state index contributed by atoms with van der Waals surface area (Å²) in [5.41, 5.74) is 8.15. The van der Waals surface area contributed by atoms with Gasteiger partial charge in [0.05, 0.1) is 25.2 Å². The van der Waals surface area contributed by atoms with Crippen LogP contribution in [-0.4, -0.2) is 43.2 Å². The lowest BCUT2D eigenvalue weighted by molar-refractivity contribution is -0.385. The van der Waals surface area contributed by atoms with Crippen LogP contribution in [0.4, 0.5) is 5.69 Å². The highest BCUT2D eigenvalue weighted by molar-refractivity contribution is 5.54. The minimum atomic E-state index is -0.387. The predicted octanol–water partition coefficient (Wildman–Crippen LogP) is 2.54. The van der Waals surface area contributed by atoms with Crippen LogP contribution in [0.5, 0.6) is 11.5 Å². The molecule has 7 nitrogen and oxygen atoms in total. The zero-order valence-electron chi connectivity index (χ0n) is 14.9. The average Bonchev–Trinajstić information content (AvgIpc) is 3.02. The van der Waals surface area contributed by atoms with Gasteiger partial charge >= 0.3 is 0 Å². The summed E-state index contributed by atoms with van der Waals surface area (Å²) >= 11 is 0. The second-order valence-electron chi connectivity index (χ2n) is 6.47. The molecule has 26 heavy (non-hydrogen) atoms. The number of nitrogens with two attached hydrogens (primary N) is 1. The molecule has 7 heteroatoms. The smallest absolute Gasteiger partial charge is 0.277 e. The molecule has 2 N–H and O–H groups in total. The molecule has 1 heterocycles. The molecule has 2 aromatic rings. The lowest BCUT2D eigenvalue weighted by atomic mass is 9.95. The first-order chi connectivity index (χ1) is 12.5. The molecule has 3 rings (SSSR count). The van der Waals surface area contributed by atoms with Gasteiger partial charge in [-0.25, -0.2) is 0 Å². The molecule has 0 spiro atoms. The average molecular weight is 357 g/mol. The Hall–Kier alpha value is -2.64. The Balaban J connectivity index is 1.84. The Bertz CT molecular complexity index is 782. The van der Waals surface area contributed by atoms with E-state index in [-0.39, 0.29) is 22.6 Å². The molecule has 1 fully saturated rings. The largest absolute Gasteiger partial charge is 0.493 e. The number of methoxy groups -OCH3 is 2. The minimum Gasteiger partial charge on any atom is -0.493 e. The van der Waals surface area contributed by atoms with Gasteiger partial charge in [0, 0.05) is 37.2 Å². The van der Waals surface area contributed by atoms with E-state index in [1.54, 1.807) is 6.07 Å². The molecule has 0 aliphatic carbocycles. The van der Waals surface area contributed by atoms with E-state index in [0.29, 0.717) is 30.2 Å². The number of nitro groups is 1. The summed E-state index contributed by atoms with van der Waals surface area (Å²) in [5, 5.41) is 11.5. The van der Waals surface area contributed by atoms with Gasteiger partial charge in [-0.15, -0.1) is 0 Å². The van der Waals surface area contributed by atoms with E-state index in [0.717, 1.165) is 6.54 Å². The first kappa shape index (κ1) is 18.2. The molecular weight excluding hydrogens is 334 g/mol. The lowest BCUT2D eigenvalue weighted by Gasteiger charge is -2.17. The van der Waals surface area contributed by atoms with Crippen LogP contribution < -0.4 is 15.2 Å². The number of ether oxygens (including phenoxy) is 2. The van der Waals surface area contributed by atoms with Crippen molar-refractivity contribution in [1.29, 1.82) is 0 Å². The van der Waals surface area contributed by atoms with Gasteiger partial charge in [-0.1, -0.05) is 30.3 Å². The third kappa shape index (κ3) is 3.63. The van der Waals surface area contributed by atoms with Gasteiger partial charge in [0.2, 0.25) is 0 Å². The number of benzene rings is 2. The van der Waals surface area contributed by atoms with Gasteiger partial charge in [0.15, 0.2) is 11.5 Å². The number of nitro benzene ring substituents is 1. The van der Waals surface area contributed by atoms with Crippen LogP contribution in [0.1, 0.15) is 17.0 Å². The van der Waals surface area contributed by atoms with Crippen molar-refractivity contribution in [1.82, 2.24) is 4.90 Å². The van der Waals surface area contributed by atoms with E-state index < -0.39 is 0 Å². The zero-order valence-corrected chi connectivity index (χ0v) is 14.9. The number of hydrogen-bond acceptors (Lipinski definition) is 6. The number of likely N-dealkylation sites (tertiary alicyclic amines) is 1. The summed E-state index contributed by atoms with van der Waals surface area (Å²) in [6, 6.07) is 13.2. The second-order valence-corrected chi connectivity index (χ2v) is 6.47. The van der Waals surface area contributed by atoms with Gasteiger partial charge in [-0.05, 0) is 11.6 Å². The molecule has 2 atom stereocenters. The summed E-state index contributed by atoms with van der Waals surface area (Å²) in [4.78, 5) is 13.2. The SMILES string of the molecule is COc1cc(CN2C[C@@H](N)[C@H](c3ccccc3)C2)c([N+](=O)[O-])cc1OC. The van der Waals surface area contributed by atoms with Crippen LogP contribution in [0.3, 0.4) is 0 Å². The van der Waals surface area contributed by atoms with Crippen LogP contribution in [0.25, 0.3) is 0 Å². The fourth-order valence-corrected chi connectivity index (χ4v) is 3.54. The van der Waals surface area contributed by atoms with Crippen LogP contribution >= 0.6 is 0 Å². The van der Waals surface area contributed by atoms with Crippen molar-refractivity contribution >= 4 is 5.69 Å². The molecule has 1 aliphatic rings. The lowest BCUT2D eigenvalue weighted by Crippen LogP contribution is -2.28. The summed E-state index contributed by atoms with van der Waals surface area (Å²) in [5.74, 6) is 1.05. The molecule has 0 saturated carbocycles. The fourth-order valence-electron chi connectivity index (χ4n) is 3.54. The highest BCUT2D eigenvalue weighted by Crippen LogP contribution is 2.36. The van der Waals surface area contributed by atoms with E-state index in [9.17, 15) is 10.1 Å². The third-order valence-corrected chi connectivity index (χ3v) is 4.84. The van der Waals surface area contributed by atoms with Crippen molar-refractivity contribution < 1.29 is 14.4 Å². The van der Waals surface area contributed by atoms with Gasteiger partial charge in [0.25, 0.3) is 5.69 Å². The summed E-state index contributed by atoms with van der Waals surface area (Å²) in [6.07, 6.45) is 0. The van der Waals surface area contributed by atoms with E-state index >= 15 is 0 Å². The normalized spacial score (nSPS) is 20.1. The van der Waals surface area contributed by atoms with Crippen LogP contribution in [-0.2, 0) is 6.54 Å². The van der Waals surface area contributed by atoms with Gasteiger partial charge in [-0.2, -0.15) is 0 Å². The maximum Gasteiger partial charge on any atom is 0.277 e. The maximum absolute atomic E-state index is 11.5. The molecular formula is C19H23N3O4. The third-order valence-electron chi connectivity index (χ3n) is 4.84. The summed E-state index contributed by atoms with van der Waals surface area (Å²) < 4.78 is 10.5. The van der Waals surface area contributed by atoms with Crippen LogP contribution in [0.15, 0.2) is 42.5 Å². The standard InChI is InChI=1S/C19H23N3O4/c1-25-18-8-14(17(22(23)24)9-19(18)26-2)10-21-11-15(16(20)12-21)13-6-4-3-5-7-13/h3-9,15-16H,10-12,20H2,1-2H3/t15-,16+/m0/s1. The highest BCUT2D eigenvalue weighted by atomic mass is 16.6. The molecule has 0 bridgehead atoms. The van der Waals surface area contributed by atoms with Gasteiger partial charge < -0.3 is 15.2 Å². The second kappa shape index (κ2) is 7.72. The van der Waals surface area contributed by atoms with Crippen molar-refractivity contribution in [2.45, 2.75) is 18.5 Å². The van der Waals surface area contributed by atoms with Crippen molar-refractivity contribution in [2.24, 2.45) is 5.73 Å². The summed E-state index contributed by atoms with van der Waals surface area (Å²) in [6.45, 7) is 1.88. The maximum atomic E-state index is 11.5. The van der Waals surface area contributed by atoms with Crippen molar-refractivity contribution in [3.05, 3.63) is 63.7 Å². The Morgan fingerprint density at radius 2 is 1.81 bits per heavy atom. The predicted molar refractivity (Wildman–Crippen MR) is 98.6 cm³/mol. The quantitative estimate of drug-likeness (QED) is 0.631. The molecule has 2 aromatic carbocycles. The minimum absolute atomic E-state index is 0.00315. The molecule has 0 radical (unpaired) electrons. The van der Waals surface area contributed by atoms with E-state index in [2.05, 4.69) is 17.0 Å². The van der Waals surface area contributed by atoms with Gasteiger partial charge in [0.1, 0.15) is 0 Å². The Morgan fingerprint density at radius 1 is 1.15 bits per heavy atom. The topological polar surface area (TPSA) is 90.9 Å². The fraction of sp³-hybridized carbons (Fsp3) is 0.368. The van der Waals surface area contributed by atoms with E-state index in [4.69, 9.17) is 15.2 Å². The highest BCUT2D eigenvalue weighted by Gasteiger charge is 2.32. The van der Waals surface area contributed by atoms with E-state index in [1.807, 2.05) is 18.2 Å². The molecule has 1 saturated heterocycles. The zero-order chi connectivity index (χ0) is 18.7. The van der Waals surface area contributed by atoms with Crippen molar-refractivity contribution in [3.63, 3.8) is 0 Å². The van der Waals surface area contributed by atoms with Gasteiger partial charge in [-0.3, -0.25) is 15.0 Å². The first-order valence-electron chi connectivity index (χ1n) is 8.45. The Morgan fingerprint density at radius 3 is 2.42 bits per heavy atom. The van der Waals surface area contributed by atoms with Crippen molar-refractivity contribution in [2.75, 3.05) is 27.3 Å². The summed E-state index contributed by atoms with van der Waals surface area (Å²) in [7, 11) is 2.98. The number of hydrogen-bond donors (Lipinski definition) is 1. The molecule has 0 aromatic heterocycles. The monoisotopic (exact) mass is 357 g/mol. The first-order valence-corrected chi connectivity index (χ1v) is 8.45. The molecule has 138 valence electrons. The Kier molecular flexibility index (Phi) is 5.39. The molecule has 0 amide bonds. The van der Waals surface area contributed by atoms with Crippen LogP contribution in [0.2, 0.25) is 0 Å². The number of nitrogens with zero attached hydrogens (tertiary/aromatic N) is 2. The van der Waals surface area contributed by atoms with Crippen LogP contribution in [0, 0.1) is 10.1 Å². The molecule has 0 unspecified atom stereocenters. The Labute approximate surface area is 152 Å². The molecule has 1 aliphatic heterocycles. The van der Waals surface area contributed by atoms with E-state index in [1.165, 1.54) is 25.8 Å².